The zero-order chi connectivity index (χ0) is 15.2. The Balaban J connectivity index is 2.24. The van der Waals surface area contributed by atoms with Crippen LogP contribution >= 0.6 is 31.9 Å². The van der Waals surface area contributed by atoms with E-state index in [1.807, 2.05) is 36.5 Å². The lowest BCUT2D eigenvalue weighted by Gasteiger charge is -2.10. The van der Waals surface area contributed by atoms with Crippen LogP contribution in [-0.4, -0.2) is 12.8 Å². The molecule has 0 radical (unpaired) electrons. The largest absolute Gasteiger partial charge is 0.491 e. The van der Waals surface area contributed by atoms with Gasteiger partial charge in [-0.15, -0.1) is 0 Å². The minimum Gasteiger partial charge on any atom is -0.491 e. The first-order chi connectivity index (χ1) is 10.1. The summed E-state index contributed by atoms with van der Waals surface area (Å²) in [5.41, 5.74) is 3.16. The second-order valence-corrected chi connectivity index (χ2v) is 6.42. The molecule has 4 heteroatoms. The first kappa shape index (κ1) is 16.2. The van der Waals surface area contributed by atoms with Gasteiger partial charge in [-0.05, 0) is 74.5 Å². The van der Waals surface area contributed by atoms with Gasteiger partial charge in [0.1, 0.15) is 5.75 Å². The minimum absolute atomic E-state index is 0.702. The zero-order valence-corrected chi connectivity index (χ0v) is 15.2. The average Bonchev–Trinajstić information content (AvgIpc) is 2.46. The number of aliphatic imine (C=N–C) groups is 1. The van der Waals surface area contributed by atoms with Gasteiger partial charge in [-0.1, -0.05) is 25.1 Å². The molecule has 0 bridgehead atoms. The van der Waals surface area contributed by atoms with E-state index in [9.17, 15) is 0 Å². The summed E-state index contributed by atoms with van der Waals surface area (Å²) in [6.07, 6.45) is 2.84. The summed E-state index contributed by atoms with van der Waals surface area (Å²) in [6.45, 7) is 4.85. The van der Waals surface area contributed by atoms with Crippen LogP contribution in [0.25, 0.3) is 0 Å². The molecule has 110 valence electrons. The van der Waals surface area contributed by atoms with E-state index < -0.39 is 0 Å². The Labute approximate surface area is 142 Å². The van der Waals surface area contributed by atoms with Crippen molar-refractivity contribution in [2.24, 2.45) is 4.99 Å². The Bertz CT molecular complexity index is 630. The smallest absolute Gasteiger partial charge is 0.147 e. The molecular formula is C17H17Br2NO. The Kier molecular flexibility index (Phi) is 6.00. The van der Waals surface area contributed by atoms with E-state index in [1.54, 1.807) is 0 Å². The van der Waals surface area contributed by atoms with Gasteiger partial charge in [0.2, 0.25) is 0 Å². The van der Waals surface area contributed by atoms with Crippen molar-refractivity contribution in [3.63, 3.8) is 0 Å². The summed E-state index contributed by atoms with van der Waals surface area (Å²) in [5.74, 6) is 0.838. The van der Waals surface area contributed by atoms with Crippen molar-refractivity contribution in [3.8, 4) is 5.75 Å². The molecule has 2 nitrogen and oxygen atoms in total. The fourth-order valence-electron chi connectivity index (χ4n) is 1.85. The second kappa shape index (κ2) is 7.76. The molecule has 0 saturated heterocycles. The quantitative estimate of drug-likeness (QED) is 0.549. The number of aryl methyl sites for hydroxylation is 1. The lowest BCUT2D eigenvalue weighted by Crippen LogP contribution is -1.97. The van der Waals surface area contributed by atoms with Crippen LogP contribution < -0.4 is 4.74 Å². The minimum atomic E-state index is 0.702. The molecule has 0 heterocycles. The summed E-state index contributed by atoms with van der Waals surface area (Å²) in [6, 6.07) is 12.1. The van der Waals surface area contributed by atoms with Gasteiger partial charge < -0.3 is 4.74 Å². The summed E-state index contributed by atoms with van der Waals surface area (Å²) in [7, 11) is 0. The van der Waals surface area contributed by atoms with Crippen LogP contribution in [0.15, 0.2) is 50.3 Å². The molecule has 2 rings (SSSR count). The van der Waals surface area contributed by atoms with Gasteiger partial charge in [-0.2, -0.15) is 0 Å². The van der Waals surface area contributed by atoms with Crippen LogP contribution in [0, 0.1) is 6.92 Å². The van der Waals surface area contributed by atoms with Crippen LogP contribution in [0.3, 0.4) is 0 Å². The monoisotopic (exact) mass is 409 g/mol. The number of hydrogen-bond donors (Lipinski definition) is 0. The molecular weight excluding hydrogens is 394 g/mol. The van der Waals surface area contributed by atoms with E-state index in [1.165, 1.54) is 0 Å². The van der Waals surface area contributed by atoms with Crippen molar-refractivity contribution in [1.82, 2.24) is 0 Å². The highest BCUT2D eigenvalue weighted by Crippen LogP contribution is 2.34. The maximum absolute atomic E-state index is 5.72. The number of nitrogens with zero attached hydrogens (tertiary/aromatic N) is 1. The number of hydrogen-bond acceptors (Lipinski definition) is 2. The van der Waals surface area contributed by atoms with Crippen LogP contribution in [0.2, 0.25) is 0 Å². The number of para-hydroxylation sites is 1. The predicted molar refractivity (Wildman–Crippen MR) is 96.1 cm³/mol. The number of ether oxygens (including phenoxy) is 1. The van der Waals surface area contributed by atoms with Gasteiger partial charge in [0, 0.05) is 6.21 Å². The van der Waals surface area contributed by atoms with Crippen molar-refractivity contribution < 1.29 is 4.74 Å². The van der Waals surface area contributed by atoms with Gasteiger partial charge in [-0.3, -0.25) is 4.99 Å². The molecule has 0 amide bonds. The average molecular weight is 411 g/mol. The Hall–Kier alpha value is -1.13. The molecule has 0 fully saturated rings. The summed E-state index contributed by atoms with van der Waals surface area (Å²) >= 11 is 7.10. The Morgan fingerprint density at radius 3 is 2.43 bits per heavy atom. The van der Waals surface area contributed by atoms with E-state index in [4.69, 9.17) is 4.74 Å². The van der Waals surface area contributed by atoms with Gasteiger partial charge in [0.15, 0.2) is 0 Å². The first-order valence-corrected chi connectivity index (χ1v) is 8.42. The topological polar surface area (TPSA) is 21.6 Å². The molecule has 0 unspecified atom stereocenters. The van der Waals surface area contributed by atoms with Crippen LogP contribution in [0.4, 0.5) is 5.69 Å². The molecule has 0 aliphatic heterocycles. The van der Waals surface area contributed by atoms with E-state index in [0.717, 1.165) is 37.9 Å². The Morgan fingerprint density at radius 2 is 1.81 bits per heavy atom. The fraction of sp³-hybridized carbons (Fsp3) is 0.235. The highest BCUT2D eigenvalue weighted by molar-refractivity contribution is 9.11. The second-order valence-electron chi connectivity index (χ2n) is 4.71. The molecule has 0 atom stereocenters. The number of halogens is 2. The van der Waals surface area contributed by atoms with E-state index in [2.05, 4.69) is 56.8 Å². The molecule has 21 heavy (non-hydrogen) atoms. The van der Waals surface area contributed by atoms with Gasteiger partial charge in [0.05, 0.1) is 21.2 Å². The van der Waals surface area contributed by atoms with Crippen LogP contribution in [-0.2, 0) is 0 Å². The molecule has 2 aromatic carbocycles. The summed E-state index contributed by atoms with van der Waals surface area (Å²) in [4.78, 5) is 4.54. The Morgan fingerprint density at radius 1 is 1.14 bits per heavy atom. The van der Waals surface area contributed by atoms with Crippen molar-refractivity contribution in [2.75, 3.05) is 6.61 Å². The normalized spacial score (nSPS) is 11.0. The maximum atomic E-state index is 5.72. The van der Waals surface area contributed by atoms with Crippen molar-refractivity contribution in [2.45, 2.75) is 20.3 Å². The predicted octanol–water partition coefficient (Wildman–Crippen LogP) is 6.06. The van der Waals surface area contributed by atoms with E-state index in [-0.39, 0.29) is 0 Å². The van der Waals surface area contributed by atoms with Gasteiger partial charge >= 0.3 is 0 Å². The third kappa shape index (κ3) is 4.42. The van der Waals surface area contributed by atoms with Gasteiger partial charge in [0.25, 0.3) is 0 Å². The highest BCUT2D eigenvalue weighted by atomic mass is 79.9. The maximum Gasteiger partial charge on any atom is 0.147 e. The molecule has 0 spiro atoms. The summed E-state index contributed by atoms with van der Waals surface area (Å²) < 4.78 is 7.57. The SMILES string of the molecule is CCCOc1c(Br)cc(C=Nc2ccccc2C)cc1Br. The van der Waals surface area contributed by atoms with Gasteiger partial charge in [-0.25, -0.2) is 0 Å². The van der Waals surface area contributed by atoms with Crippen molar-refractivity contribution in [1.29, 1.82) is 0 Å². The standard InChI is InChI=1S/C17H17Br2NO/c1-3-8-21-17-14(18)9-13(10-15(17)19)11-20-16-7-5-4-6-12(16)2/h4-7,9-11H,3,8H2,1-2H3. The summed E-state index contributed by atoms with van der Waals surface area (Å²) in [5, 5.41) is 0. The lowest BCUT2D eigenvalue weighted by molar-refractivity contribution is 0.313. The first-order valence-electron chi connectivity index (χ1n) is 6.83. The highest BCUT2D eigenvalue weighted by Gasteiger charge is 2.08. The van der Waals surface area contributed by atoms with Crippen molar-refractivity contribution in [3.05, 3.63) is 56.5 Å². The third-order valence-electron chi connectivity index (χ3n) is 2.94. The van der Waals surface area contributed by atoms with E-state index >= 15 is 0 Å². The molecule has 0 aliphatic rings. The molecule has 2 aromatic rings. The lowest BCUT2D eigenvalue weighted by atomic mass is 10.2. The molecule has 0 saturated carbocycles. The van der Waals surface area contributed by atoms with Crippen LogP contribution in [0.1, 0.15) is 24.5 Å². The molecule has 0 aromatic heterocycles. The number of rotatable bonds is 5. The zero-order valence-electron chi connectivity index (χ0n) is 12.1. The van der Waals surface area contributed by atoms with E-state index in [0.29, 0.717) is 6.61 Å². The fourth-order valence-corrected chi connectivity index (χ4v) is 3.30. The third-order valence-corrected chi connectivity index (χ3v) is 4.12. The molecule has 0 aliphatic carbocycles. The molecule has 0 N–H and O–H groups in total. The van der Waals surface area contributed by atoms with Crippen LogP contribution in [0.5, 0.6) is 5.75 Å². The van der Waals surface area contributed by atoms with Crippen molar-refractivity contribution >= 4 is 43.8 Å². The number of benzene rings is 2.